The predicted octanol–water partition coefficient (Wildman–Crippen LogP) is 3.85. The van der Waals surface area contributed by atoms with Gasteiger partial charge in [-0.15, -0.1) is 11.3 Å². The summed E-state index contributed by atoms with van der Waals surface area (Å²) in [6.07, 6.45) is 3.08. The number of aryl methyl sites for hydroxylation is 1. The zero-order valence-electron chi connectivity index (χ0n) is 10.5. The van der Waals surface area contributed by atoms with Crippen LogP contribution in [0.1, 0.15) is 28.1 Å². The van der Waals surface area contributed by atoms with Crippen LogP contribution in [0.15, 0.2) is 41.8 Å². The molecule has 0 aliphatic heterocycles. The minimum Gasteiger partial charge on any atom is -0.493 e. The molecule has 0 aliphatic rings. The third kappa shape index (κ3) is 4.41. The van der Waals surface area contributed by atoms with Crippen molar-refractivity contribution in [1.29, 1.82) is 0 Å². The highest BCUT2D eigenvalue weighted by Crippen LogP contribution is 2.21. The lowest BCUT2D eigenvalue weighted by Crippen LogP contribution is -1.97. The third-order valence-corrected chi connectivity index (χ3v) is 3.65. The number of hydrogen-bond acceptors (Lipinski definition) is 3. The Bertz CT molecular complexity index is 519. The van der Waals surface area contributed by atoms with Crippen molar-refractivity contribution in [2.75, 3.05) is 6.61 Å². The summed E-state index contributed by atoms with van der Waals surface area (Å²) in [7, 11) is 0. The maximum absolute atomic E-state index is 10.7. The molecular weight excluding hydrogens is 260 g/mol. The van der Waals surface area contributed by atoms with Crippen LogP contribution in [0.2, 0.25) is 0 Å². The minimum absolute atomic E-state index is 0.319. The Labute approximate surface area is 116 Å². The molecule has 0 unspecified atom stereocenters. The molecule has 0 saturated heterocycles. The van der Waals surface area contributed by atoms with Gasteiger partial charge in [-0.1, -0.05) is 30.3 Å². The average Bonchev–Trinajstić information content (AvgIpc) is 2.89. The largest absolute Gasteiger partial charge is 0.493 e. The summed E-state index contributed by atoms with van der Waals surface area (Å²) in [6, 6.07) is 11.9. The first-order valence-electron chi connectivity index (χ1n) is 6.24. The molecule has 4 heteroatoms. The van der Waals surface area contributed by atoms with Gasteiger partial charge in [0.05, 0.1) is 6.61 Å². The summed E-state index contributed by atoms with van der Waals surface area (Å²) in [5.74, 6) is -0.244. The van der Waals surface area contributed by atoms with Gasteiger partial charge in [0.25, 0.3) is 0 Å². The highest BCUT2D eigenvalue weighted by molar-refractivity contribution is 7.12. The second-order valence-corrected chi connectivity index (χ2v) is 5.15. The molecule has 0 saturated carbocycles. The average molecular weight is 276 g/mol. The lowest BCUT2D eigenvalue weighted by molar-refractivity contribution is 0.0702. The van der Waals surface area contributed by atoms with Crippen LogP contribution < -0.4 is 4.74 Å². The van der Waals surface area contributed by atoms with Gasteiger partial charge in [-0.3, -0.25) is 0 Å². The molecule has 0 radical (unpaired) electrons. The number of rotatable bonds is 7. The summed E-state index contributed by atoms with van der Waals surface area (Å²) in [5, 5.41) is 10.5. The number of unbranched alkanes of at least 4 members (excludes halogenated alkanes) is 1. The van der Waals surface area contributed by atoms with Gasteiger partial charge in [-0.25, -0.2) is 4.79 Å². The van der Waals surface area contributed by atoms with Gasteiger partial charge in [0.2, 0.25) is 0 Å². The van der Waals surface area contributed by atoms with Crippen molar-refractivity contribution in [3.8, 4) is 5.75 Å². The Morgan fingerprint density at radius 2 is 2.00 bits per heavy atom. The summed E-state index contributed by atoms with van der Waals surface area (Å²) < 4.78 is 5.52. The Morgan fingerprint density at radius 3 is 2.68 bits per heavy atom. The lowest BCUT2D eigenvalue weighted by atomic mass is 10.1. The molecule has 1 aromatic heterocycles. The number of ether oxygens (including phenoxy) is 1. The molecule has 0 atom stereocenters. The van der Waals surface area contributed by atoms with Crippen molar-refractivity contribution in [2.45, 2.75) is 19.3 Å². The lowest BCUT2D eigenvalue weighted by Gasteiger charge is -2.03. The van der Waals surface area contributed by atoms with E-state index >= 15 is 0 Å². The third-order valence-electron chi connectivity index (χ3n) is 2.76. The first-order chi connectivity index (χ1) is 9.25. The van der Waals surface area contributed by atoms with Crippen LogP contribution in [0.25, 0.3) is 0 Å². The molecule has 100 valence electrons. The summed E-state index contributed by atoms with van der Waals surface area (Å²) in [4.78, 5) is 11.0. The Balaban J connectivity index is 1.65. The molecule has 1 N–H and O–H groups in total. The topological polar surface area (TPSA) is 46.5 Å². The summed E-state index contributed by atoms with van der Waals surface area (Å²) >= 11 is 1.19. The number of carboxylic acids is 1. The molecule has 0 amide bonds. The normalized spacial score (nSPS) is 10.3. The highest BCUT2D eigenvalue weighted by Gasteiger charge is 2.06. The van der Waals surface area contributed by atoms with Gasteiger partial charge >= 0.3 is 5.97 Å². The van der Waals surface area contributed by atoms with Crippen molar-refractivity contribution in [2.24, 2.45) is 0 Å². The molecule has 0 spiro atoms. The number of carbonyl (C=O) groups is 1. The molecule has 0 bridgehead atoms. The van der Waals surface area contributed by atoms with Crippen LogP contribution >= 0.6 is 11.3 Å². The fraction of sp³-hybridized carbons (Fsp3) is 0.267. The van der Waals surface area contributed by atoms with E-state index in [9.17, 15) is 4.79 Å². The molecule has 19 heavy (non-hydrogen) atoms. The van der Waals surface area contributed by atoms with E-state index in [1.54, 1.807) is 11.4 Å². The van der Waals surface area contributed by atoms with E-state index in [1.165, 1.54) is 16.9 Å². The standard InChI is InChI=1S/C15H16O3S/c16-15(17)14-10-13(11-19-14)18-9-5-4-8-12-6-2-1-3-7-12/h1-3,6-7,10-11H,4-5,8-9H2,(H,16,17). The van der Waals surface area contributed by atoms with E-state index in [-0.39, 0.29) is 0 Å². The smallest absolute Gasteiger partial charge is 0.346 e. The van der Waals surface area contributed by atoms with E-state index in [1.807, 2.05) is 18.2 Å². The van der Waals surface area contributed by atoms with E-state index < -0.39 is 5.97 Å². The van der Waals surface area contributed by atoms with Gasteiger partial charge in [0.1, 0.15) is 10.6 Å². The number of carboxylic acid groups (broad SMARTS) is 1. The zero-order chi connectivity index (χ0) is 13.5. The molecule has 0 aliphatic carbocycles. The molecule has 2 rings (SSSR count). The van der Waals surface area contributed by atoms with E-state index in [0.29, 0.717) is 17.2 Å². The Morgan fingerprint density at radius 1 is 1.21 bits per heavy atom. The van der Waals surface area contributed by atoms with Gasteiger partial charge in [0, 0.05) is 11.4 Å². The molecule has 0 fully saturated rings. The van der Waals surface area contributed by atoms with Crippen LogP contribution in [0, 0.1) is 0 Å². The first kappa shape index (κ1) is 13.6. The van der Waals surface area contributed by atoms with Crippen molar-refractivity contribution in [1.82, 2.24) is 0 Å². The van der Waals surface area contributed by atoms with Crippen LogP contribution in [-0.4, -0.2) is 17.7 Å². The van der Waals surface area contributed by atoms with E-state index in [0.717, 1.165) is 19.3 Å². The molecule has 3 nitrogen and oxygen atoms in total. The van der Waals surface area contributed by atoms with E-state index in [2.05, 4.69) is 12.1 Å². The fourth-order valence-corrected chi connectivity index (χ4v) is 2.44. The monoisotopic (exact) mass is 276 g/mol. The number of aromatic carboxylic acids is 1. The van der Waals surface area contributed by atoms with Crippen molar-refractivity contribution in [3.63, 3.8) is 0 Å². The Hall–Kier alpha value is -1.81. The fourth-order valence-electron chi connectivity index (χ4n) is 1.77. The van der Waals surface area contributed by atoms with Gasteiger partial charge < -0.3 is 9.84 Å². The van der Waals surface area contributed by atoms with Crippen LogP contribution in [0.4, 0.5) is 0 Å². The first-order valence-corrected chi connectivity index (χ1v) is 7.12. The molecular formula is C15H16O3S. The molecule has 2 aromatic rings. The second-order valence-electron chi connectivity index (χ2n) is 4.24. The van der Waals surface area contributed by atoms with Crippen molar-refractivity contribution < 1.29 is 14.6 Å². The zero-order valence-corrected chi connectivity index (χ0v) is 11.4. The highest BCUT2D eigenvalue weighted by atomic mass is 32.1. The summed E-state index contributed by atoms with van der Waals surface area (Å²) in [5.41, 5.74) is 1.34. The Kier molecular flexibility index (Phi) is 4.98. The van der Waals surface area contributed by atoms with E-state index in [4.69, 9.17) is 9.84 Å². The van der Waals surface area contributed by atoms with Crippen molar-refractivity contribution >= 4 is 17.3 Å². The maximum Gasteiger partial charge on any atom is 0.346 e. The second kappa shape index (κ2) is 6.95. The number of hydrogen-bond donors (Lipinski definition) is 1. The van der Waals surface area contributed by atoms with Gasteiger partial charge in [0.15, 0.2) is 0 Å². The quantitative estimate of drug-likeness (QED) is 0.781. The predicted molar refractivity (Wildman–Crippen MR) is 76.2 cm³/mol. The molecule has 1 aromatic carbocycles. The van der Waals surface area contributed by atoms with Crippen LogP contribution in [0.3, 0.4) is 0 Å². The van der Waals surface area contributed by atoms with Crippen molar-refractivity contribution in [3.05, 3.63) is 52.2 Å². The van der Waals surface area contributed by atoms with Crippen LogP contribution in [-0.2, 0) is 6.42 Å². The number of thiophene rings is 1. The van der Waals surface area contributed by atoms with Gasteiger partial charge in [-0.05, 0) is 24.8 Å². The summed E-state index contributed by atoms with van der Waals surface area (Å²) in [6.45, 7) is 0.628. The van der Waals surface area contributed by atoms with Gasteiger partial charge in [-0.2, -0.15) is 0 Å². The van der Waals surface area contributed by atoms with Crippen LogP contribution in [0.5, 0.6) is 5.75 Å². The maximum atomic E-state index is 10.7. The minimum atomic E-state index is -0.899. The SMILES string of the molecule is O=C(O)c1cc(OCCCCc2ccccc2)cs1. The molecule has 1 heterocycles. The number of benzene rings is 1.